The molecule has 37 heavy (non-hydrogen) atoms. The van der Waals surface area contributed by atoms with Crippen LogP contribution in [0.3, 0.4) is 0 Å². The van der Waals surface area contributed by atoms with Crippen molar-refractivity contribution in [2.45, 2.75) is 20.4 Å². The smallest absolute Gasteiger partial charge is 0.327 e. The van der Waals surface area contributed by atoms with Crippen LogP contribution in [-0.4, -0.2) is 78.7 Å². The summed E-state index contributed by atoms with van der Waals surface area (Å²) in [6.07, 6.45) is 0. The van der Waals surface area contributed by atoms with Gasteiger partial charge in [0, 0.05) is 51.9 Å². The first-order valence-electron chi connectivity index (χ1n) is 12.2. The van der Waals surface area contributed by atoms with E-state index in [1.165, 1.54) is 12.0 Å². The minimum absolute atomic E-state index is 0.108. The average molecular weight is 509 g/mol. The topological polar surface area (TPSA) is 116 Å². The molecule has 0 saturated carbocycles. The van der Waals surface area contributed by atoms with Crippen LogP contribution < -0.4 is 25.2 Å². The number of halogens is 1. The zero-order chi connectivity index (χ0) is 26.3. The second-order valence-electron chi connectivity index (χ2n) is 8.97. The Bertz CT molecular complexity index is 1390. The highest BCUT2D eigenvalue weighted by atomic mass is 19.1. The number of ether oxygens (including phenoxy) is 1. The molecule has 2 aliphatic rings. The molecule has 1 fully saturated rings. The number of benzene rings is 1. The van der Waals surface area contributed by atoms with E-state index in [0.29, 0.717) is 54.2 Å². The lowest BCUT2D eigenvalue weighted by Gasteiger charge is -2.37. The Kier molecular flexibility index (Phi) is 6.50. The van der Waals surface area contributed by atoms with Crippen molar-refractivity contribution in [2.24, 2.45) is 0 Å². The number of nitrogens with zero attached hydrogens (tertiary/aromatic N) is 6. The lowest BCUT2D eigenvalue weighted by atomic mass is 10.1. The maximum Gasteiger partial charge on any atom is 0.327 e. The van der Waals surface area contributed by atoms with E-state index in [9.17, 15) is 9.59 Å². The van der Waals surface area contributed by atoms with E-state index in [2.05, 4.69) is 35.4 Å². The van der Waals surface area contributed by atoms with E-state index in [1.807, 2.05) is 19.9 Å². The van der Waals surface area contributed by atoms with E-state index in [4.69, 9.17) is 4.74 Å². The number of aromatic nitrogens is 3. The molecule has 0 bridgehead atoms. The molecule has 3 aromatic rings. The van der Waals surface area contributed by atoms with Gasteiger partial charge in [-0.3, -0.25) is 14.6 Å². The third kappa shape index (κ3) is 4.37. The summed E-state index contributed by atoms with van der Waals surface area (Å²) < 4.78 is 20.9. The molecule has 0 radical (unpaired) electrons. The number of hydrogen-bond acceptors (Lipinski definition) is 8. The minimum atomic E-state index is -0.473. The Balaban J connectivity index is 1.37. The summed E-state index contributed by atoms with van der Waals surface area (Å²) in [6.45, 7) is 7.32. The third-order valence-electron chi connectivity index (χ3n) is 6.82. The van der Waals surface area contributed by atoms with Crippen molar-refractivity contribution in [1.82, 2.24) is 25.2 Å². The SMILES string of the molecule is CCN1C(=O)Nc2c(F)c(CN3CCN(c4ccc(C(=O)NC)nc4C)CC3)cc3nc(OC)nc1c23. The van der Waals surface area contributed by atoms with Crippen LogP contribution in [0.2, 0.25) is 0 Å². The van der Waals surface area contributed by atoms with Gasteiger partial charge in [-0.05, 0) is 32.0 Å². The summed E-state index contributed by atoms with van der Waals surface area (Å²) in [5.41, 5.74) is 3.22. The molecule has 11 nitrogen and oxygen atoms in total. The minimum Gasteiger partial charge on any atom is -0.467 e. The van der Waals surface area contributed by atoms with Crippen molar-refractivity contribution in [3.8, 4) is 6.01 Å². The normalized spacial score (nSPS) is 15.6. The molecule has 194 valence electrons. The van der Waals surface area contributed by atoms with Gasteiger partial charge in [-0.2, -0.15) is 9.97 Å². The summed E-state index contributed by atoms with van der Waals surface area (Å²) in [5.74, 6) is -0.350. The average Bonchev–Trinajstić information content (AvgIpc) is 2.91. The maximum absolute atomic E-state index is 15.7. The fraction of sp³-hybridized carbons (Fsp3) is 0.400. The Morgan fingerprint density at radius 2 is 1.95 bits per heavy atom. The molecule has 0 aliphatic carbocycles. The van der Waals surface area contributed by atoms with Gasteiger partial charge in [0.25, 0.3) is 5.91 Å². The standard InChI is InChI=1S/C25H29FN8O3/c1-5-34-22-19-17(29-24(31-22)37-4)12-15(20(26)21(19)30-25(34)36)13-32-8-10-33(11-9-32)18-7-6-16(23(35)27-3)28-14(18)2/h6-7,12H,5,8-11,13H2,1-4H3,(H,27,35)(H,30,36). The first kappa shape index (κ1) is 24.6. The lowest BCUT2D eigenvalue weighted by Crippen LogP contribution is -2.46. The van der Waals surface area contributed by atoms with Crippen molar-refractivity contribution in [2.75, 3.05) is 62.0 Å². The van der Waals surface area contributed by atoms with Crippen LogP contribution in [0, 0.1) is 12.7 Å². The molecule has 1 aromatic carbocycles. The lowest BCUT2D eigenvalue weighted by molar-refractivity contribution is 0.0958. The van der Waals surface area contributed by atoms with Crippen LogP contribution in [-0.2, 0) is 6.54 Å². The van der Waals surface area contributed by atoms with Gasteiger partial charge >= 0.3 is 12.0 Å². The van der Waals surface area contributed by atoms with Crippen LogP contribution in [0.25, 0.3) is 10.9 Å². The van der Waals surface area contributed by atoms with E-state index in [0.717, 1.165) is 24.5 Å². The number of rotatable bonds is 6. The second-order valence-corrected chi connectivity index (χ2v) is 8.97. The molecule has 0 atom stereocenters. The molecular formula is C25H29FN8O3. The number of piperazine rings is 1. The molecule has 0 unspecified atom stereocenters. The first-order valence-corrected chi connectivity index (χ1v) is 12.2. The van der Waals surface area contributed by atoms with E-state index in [1.54, 1.807) is 19.2 Å². The van der Waals surface area contributed by atoms with Gasteiger partial charge in [0.05, 0.1) is 35.1 Å². The monoisotopic (exact) mass is 508 g/mol. The summed E-state index contributed by atoms with van der Waals surface area (Å²) in [7, 11) is 3.04. The number of anilines is 3. The number of pyridine rings is 1. The van der Waals surface area contributed by atoms with Crippen LogP contribution >= 0.6 is 0 Å². The Hall–Kier alpha value is -4.06. The van der Waals surface area contributed by atoms with Crippen molar-refractivity contribution < 1.29 is 18.7 Å². The number of amides is 3. The second kappa shape index (κ2) is 9.77. The number of urea groups is 1. The van der Waals surface area contributed by atoms with Gasteiger partial charge in [-0.1, -0.05) is 0 Å². The van der Waals surface area contributed by atoms with Crippen LogP contribution in [0.5, 0.6) is 6.01 Å². The zero-order valence-corrected chi connectivity index (χ0v) is 21.3. The molecule has 12 heteroatoms. The fourth-order valence-corrected chi connectivity index (χ4v) is 4.90. The predicted octanol–water partition coefficient (Wildman–Crippen LogP) is 2.53. The number of carbonyl (C=O) groups excluding carboxylic acids is 2. The van der Waals surface area contributed by atoms with Gasteiger partial charge in [0.1, 0.15) is 5.69 Å². The quantitative estimate of drug-likeness (QED) is 0.522. The molecule has 2 aromatic heterocycles. The van der Waals surface area contributed by atoms with Crippen molar-refractivity contribution in [3.05, 3.63) is 41.0 Å². The van der Waals surface area contributed by atoms with E-state index in [-0.39, 0.29) is 17.6 Å². The summed E-state index contributed by atoms with van der Waals surface area (Å²) in [4.78, 5) is 43.5. The molecule has 0 spiro atoms. The number of carbonyl (C=O) groups is 2. The molecular weight excluding hydrogens is 479 g/mol. The van der Waals surface area contributed by atoms with Gasteiger partial charge in [-0.25, -0.2) is 14.2 Å². The predicted molar refractivity (Wildman–Crippen MR) is 138 cm³/mol. The van der Waals surface area contributed by atoms with Crippen LogP contribution in [0.1, 0.15) is 28.7 Å². The molecule has 1 saturated heterocycles. The number of nitrogens with one attached hydrogen (secondary N) is 2. The Morgan fingerprint density at radius 3 is 2.59 bits per heavy atom. The van der Waals surface area contributed by atoms with E-state index < -0.39 is 11.8 Å². The van der Waals surface area contributed by atoms with E-state index >= 15 is 4.39 Å². The number of hydrogen-bond donors (Lipinski definition) is 2. The Morgan fingerprint density at radius 1 is 1.19 bits per heavy atom. The molecule has 2 N–H and O–H groups in total. The largest absolute Gasteiger partial charge is 0.467 e. The maximum atomic E-state index is 15.7. The highest BCUT2D eigenvalue weighted by molar-refractivity contribution is 6.17. The highest BCUT2D eigenvalue weighted by Crippen LogP contribution is 2.39. The third-order valence-corrected chi connectivity index (χ3v) is 6.82. The fourth-order valence-electron chi connectivity index (χ4n) is 4.90. The Labute approximate surface area is 213 Å². The molecule has 3 amide bonds. The summed E-state index contributed by atoms with van der Waals surface area (Å²) in [5, 5.41) is 5.75. The number of aryl methyl sites for hydroxylation is 1. The van der Waals surface area contributed by atoms with Crippen LogP contribution in [0.15, 0.2) is 18.2 Å². The van der Waals surface area contributed by atoms with Gasteiger partial charge in [0.2, 0.25) is 0 Å². The summed E-state index contributed by atoms with van der Waals surface area (Å²) in [6, 6.07) is 5.04. The zero-order valence-electron chi connectivity index (χ0n) is 21.3. The van der Waals surface area contributed by atoms with Crippen molar-refractivity contribution >= 4 is 40.0 Å². The van der Waals surface area contributed by atoms with Crippen molar-refractivity contribution in [1.29, 1.82) is 0 Å². The van der Waals surface area contributed by atoms with Gasteiger partial charge in [0.15, 0.2) is 11.6 Å². The molecule has 2 aliphatic heterocycles. The van der Waals surface area contributed by atoms with Gasteiger partial charge < -0.3 is 20.3 Å². The van der Waals surface area contributed by atoms with Crippen molar-refractivity contribution in [3.63, 3.8) is 0 Å². The van der Waals surface area contributed by atoms with Crippen LogP contribution in [0.4, 0.5) is 26.4 Å². The highest BCUT2D eigenvalue weighted by Gasteiger charge is 2.31. The number of methoxy groups -OCH3 is 1. The summed E-state index contributed by atoms with van der Waals surface area (Å²) >= 11 is 0. The molecule has 4 heterocycles. The van der Waals surface area contributed by atoms with Gasteiger partial charge in [-0.15, -0.1) is 0 Å². The first-order chi connectivity index (χ1) is 17.8. The molecule has 5 rings (SSSR count).